The lowest BCUT2D eigenvalue weighted by Gasteiger charge is -2.09. The van der Waals surface area contributed by atoms with Crippen molar-refractivity contribution in [2.24, 2.45) is 0 Å². The fourth-order valence-corrected chi connectivity index (χ4v) is 2.23. The molecule has 0 unspecified atom stereocenters. The van der Waals surface area contributed by atoms with Gasteiger partial charge in [-0.25, -0.2) is 13.8 Å². The molecule has 0 aromatic carbocycles. The maximum atomic E-state index is 12.5. The number of carboxylic acid groups (broad SMARTS) is 1. The summed E-state index contributed by atoms with van der Waals surface area (Å²) in [4.78, 5) is 14.2. The lowest BCUT2D eigenvalue weighted by atomic mass is 10.1. The van der Waals surface area contributed by atoms with Crippen LogP contribution in [-0.4, -0.2) is 16.1 Å². The molecular formula is C9H7ClF2INO2. The van der Waals surface area contributed by atoms with Crippen molar-refractivity contribution in [1.82, 2.24) is 4.98 Å². The van der Waals surface area contributed by atoms with Gasteiger partial charge in [0, 0.05) is 3.57 Å². The smallest absolute Gasteiger partial charge is 0.307 e. The van der Waals surface area contributed by atoms with Crippen LogP contribution in [0.3, 0.4) is 0 Å². The van der Waals surface area contributed by atoms with Crippen molar-refractivity contribution in [3.8, 4) is 0 Å². The first-order valence-electron chi connectivity index (χ1n) is 4.19. The van der Waals surface area contributed by atoms with Gasteiger partial charge in [-0.1, -0.05) is 0 Å². The van der Waals surface area contributed by atoms with E-state index in [0.717, 1.165) is 6.07 Å². The quantitative estimate of drug-likeness (QED) is 0.662. The molecule has 0 aliphatic heterocycles. The van der Waals surface area contributed by atoms with Gasteiger partial charge in [0.1, 0.15) is 5.69 Å². The van der Waals surface area contributed by atoms with Gasteiger partial charge in [-0.15, -0.1) is 11.6 Å². The molecule has 88 valence electrons. The minimum Gasteiger partial charge on any atom is -0.481 e. The zero-order chi connectivity index (χ0) is 12.3. The van der Waals surface area contributed by atoms with Gasteiger partial charge in [-0.2, -0.15) is 0 Å². The normalized spacial score (nSPS) is 10.8. The third-order valence-electron chi connectivity index (χ3n) is 1.81. The molecule has 0 spiro atoms. The number of halogens is 4. The minimum absolute atomic E-state index is 0.0224. The minimum atomic E-state index is -2.73. The molecule has 1 N–H and O–H groups in total. The van der Waals surface area contributed by atoms with E-state index in [9.17, 15) is 13.6 Å². The Morgan fingerprint density at radius 3 is 2.69 bits per heavy atom. The highest BCUT2D eigenvalue weighted by molar-refractivity contribution is 14.1. The van der Waals surface area contributed by atoms with E-state index >= 15 is 0 Å². The average Bonchev–Trinajstić information content (AvgIpc) is 2.20. The van der Waals surface area contributed by atoms with E-state index in [2.05, 4.69) is 4.98 Å². The van der Waals surface area contributed by atoms with Gasteiger partial charge in [-0.3, -0.25) is 4.79 Å². The molecule has 0 saturated carbocycles. The van der Waals surface area contributed by atoms with E-state index in [4.69, 9.17) is 16.7 Å². The summed E-state index contributed by atoms with van der Waals surface area (Å²) in [6.45, 7) is 0. The van der Waals surface area contributed by atoms with Gasteiger partial charge in [0.2, 0.25) is 0 Å². The van der Waals surface area contributed by atoms with Crippen LogP contribution in [0, 0.1) is 3.57 Å². The molecule has 0 saturated heterocycles. The van der Waals surface area contributed by atoms with Gasteiger partial charge in [0.15, 0.2) is 0 Å². The molecule has 1 aromatic heterocycles. The Kier molecular flexibility index (Phi) is 4.85. The number of pyridine rings is 1. The highest BCUT2D eigenvalue weighted by Crippen LogP contribution is 2.24. The van der Waals surface area contributed by atoms with Gasteiger partial charge in [-0.05, 0) is 34.2 Å². The van der Waals surface area contributed by atoms with Crippen LogP contribution in [0.5, 0.6) is 0 Å². The van der Waals surface area contributed by atoms with Crippen LogP contribution in [0.2, 0.25) is 0 Å². The molecule has 0 fully saturated rings. The second-order valence-electron chi connectivity index (χ2n) is 2.97. The molecule has 0 bridgehead atoms. The summed E-state index contributed by atoms with van der Waals surface area (Å²) in [6.07, 6.45) is -3.05. The van der Waals surface area contributed by atoms with Gasteiger partial charge < -0.3 is 5.11 Å². The highest BCUT2D eigenvalue weighted by atomic mass is 127. The Bertz CT molecular complexity index is 415. The number of rotatable bonds is 4. The largest absolute Gasteiger partial charge is 0.481 e. The Labute approximate surface area is 109 Å². The monoisotopic (exact) mass is 361 g/mol. The van der Waals surface area contributed by atoms with Crippen molar-refractivity contribution in [1.29, 1.82) is 0 Å². The summed E-state index contributed by atoms with van der Waals surface area (Å²) < 4.78 is 25.5. The molecule has 0 atom stereocenters. The molecular weight excluding hydrogens is 354 g/mol. The van der Waals surface area contributed by atoms with Crippen molar-refractivity contribution < 1.29 is 18.7 Å². The van der Waals surface area contributed by atoms with E-state index in [-0.39, 0.29) is 18.0 Å². The maximum Gasteiger partial charge on any atom is 0.307 e. The predicted molar refractivity (Wildman–Crippen MR) is 62.8 cm³/mol. The molecule has 1 heterocycles. The Morgan fingerprint density at radius 1 is 1.62 bits per heavy atom. The van der Waals surface area contributed by atoms with Crippen molar-refractivity contribution in [3.05, 3.63) is 26.6 Å². The molecule has 1 aromatic rings. The topological polar surface area (TPSA) is 50.2 Å². The Hall–Kier alpha value is -0.500. The molecule has 1 rings (SSSR count). The van der Waals surface area contributed by atoms with E-state index in [1.54, 1.807) is 0 Å². The summed E-state index contributed by atoms with van der Waals surface area (Å²) >= 11 is 7.42. The summed E-state index contributed by atoms with van der Waals surface area (Å²) in [5.41, 5.74) is 0.165. The number of hydrogen-bond acceptors (Lipinski definition) is 2. The van der Waals surface area contributed by atoms with Crippen LogP contribution < -0.4 is 0 Å². The summed E-state index contributed by atoms with van der Waals surface area (Å²) in [5.74, 6) is -1.10. The lowest BCUT2D eigenvalue weighted by molar-refractivity contribution is -0.136. The first kappa shape index (κ1) is 13.6. The fourth-order valence-electron chi connectivity index (χ4n) is 1.16. The van der Waals surface area contributed by atoms with Crippen LogP contribution >= 0.6 is 34.2 Å². The Balaban J connectivity index is 3.24. The third-order valence-corrected chi connectivity index (χ3v) is 3.38. The van der Waals surface area contributed by atoms with Gasteiger partial charge >= 0.3 is 5.97 Å². The molecule has 16 heavy (non-hydrogen) atoms. The van der Waals surface area contributed by atoms with Crippen LogP contribution in [-0.2, 0) is 17.1 Å². The first-order valence-corrected chi connectivity index (χ1v) is 5.81. The molecule has 0 amide bonds. The zero-order valence-electron chi connectivity index (χ0n) is 7.88. The number of hydrogen-bond donors (Lipinski definition) is 1. The first-order chi connectivity index (χ1) is 7.45. The van der Waals surface area contributed by atoms with Crippen LogP contribution in [0.25, 0.3) is 0 Å². The number of aliphatic carboxylic acids is 1. The molecule has 0 aliphatic carbocycles. The highest BCUT2D eigenvalue weighted by Gasteiger charge is 2.17. The van der Waals surface area contributed by atoms with Gasteiger partial charge in [0.05, 0.1) is 18.0 Å². The summed E-state index contributed by atoms with van der Waals surface area (Å²) in [6, 6.07) is 1.11. The maximum absolute atomic E-state index is 12.5. The fraction of sp³-hybridized carbons (Fsp3) is 0.333. The summed E-state index contributed by atoms with van der Waals surface area (Å²) in [5, 5.41) is 8.64. The second-order valence-corrected chi connectivity index (χ2v) is 4.32. The SMILES string of the molecule is O=C(O)Cc1cc(C(F)F)nc(CCl)c1I. The summed E-state index contributed by atoms with van der Waals surface area (Å²) in [7, 11) is 0. The van der Waals surface area contributed by atoms with Crippen molar-refractivity contribution in [3.63, 3.8) is 0 Å². The van der Waals surface area contributed by atoms with E-state index < -0.39 is 18.1 Å². The van der Waals surface area contributed by atoms with Crippen molar-refractivity contribution in [2.75, 3.05) is 0 Å². The van der Waals surface area contributed by atoms with Crippen LogP contribution in [0.4, 0.5) is 8.78 Å². The van der Waals surface area contributed by atoms with Crippen molar-refractivity contribution >= 4 is 40.2 Å². The van der Waals surface area contributed by atoms with Gasteiger partial charge in [0.25, 0.3) is 6.43 Å². The molecule has 0 radical (unpaired) electrons. The number of nitrogens with zero attached hydrogens (tertiary/aromatic N) is 1. The molecule has 3 nitrogen and oxygen atoms in total. The number of carboxylic acids is 1. The number of aromatic nitrogens is 1. The molecule has 0 aliphatic rings. The van der Waals surface area contributed by atoms with E-state index in [1.165, 1.54) is 0 Å². The van der Waals surface area contributed by atoms with E-state index in [0.29, 0.717) is 9.13 Å². The number of carbonyl (C=O) groups is 1. The third kappa shape index (κ3) is 3.24. The average molecular weight is 362 g/mol. The van der Waals surface area contributed by atoms with E-state index in [1.807, 2.05) is 22.6 Å². The lowest BCUT2D eigenvalue weighted by Crippen LogP contribution is -2.07. The predicted octanol–water partition coefficient (Wildman–Crippen LogP) is 2.99. The number of alkyl halides is 3. The molecule has 7 heteroatoms. The second kappa shape index (κ2) is 5.72. The standard InChI is InChI=1S/C9H7ClF2INO2/c10-3-6-8(13)4(2-7(15)16)1-5(14-6)9(11)12/h1,9H,2-3H2,(H,15,16). The van der Waals surface area contributed by atoms with Crippen LogP contribution in [0.1, 0.15) is 23.4 Å². The van der Waals surface area contributed by atoms with Crippen LogP contribution in [0.15, 0.2) is 6.07 Å². The van der Waals surface area contributed by atoms with Crippen molar-refractivity contribution in [2.45, 2.75) is 18.7 Å². The zero-order valence-corrected chi connectivity index (χ0v) is 10.8. The Morgan fingerprint density at radius 2 is 2.25 bits per heavy atom.